The number of nitrogens with one attached hydrogen (secondary N) is 1. The average molecular weight is 331 g/mol. The number of benzene rings is 2. The Hall–Kier alpha value is -2.34. The van der Waals surface area contributed by atoms with E-state index in [0.717, 1.165) is 16.5 Å². The number of fused-ring (bicyclic) bond motifs is 1. The molecule has 2 N–H and O–H groups in total. The van der Waals surface area contributed by atoms with Gasteiger partial charge >= 0.3 is 5.97 Å². The second kappa shape index (κ2) is 6.42. The SMILES string of the molecule is O=C(O)c1ccc(F)c(CNC(=O)C2CSc3ccccc32)c1. The molecule has 4 nitrogen and oxygen atoms in total. The Morgan fingerprint density at radius 1 is 1.26 bits per heavy atom. The van der Waals surface area contributed by atoms with Crippen LogP contribution in [0.15, 0.2) is 47.4 Å². The van der Waals surface area contributed by atoms with Crippen LogP contribution in [0, 0.1) is 5.82 Å². The lowest BCUT2D eigenvalue weighted by molar-refractivity contribution is -0.122. The second-order valence-corrected chi connectivity index (χ2v) is 6.29. The molecule has 0 bridgehead atoms. The lowest BCUT2D eigenvalue weighted by atomic mass is 10.0. The molecule has 1 atom stereocenters. The van der Waals surface area contributed by atoms with E-state index in [0.29, 0.717) is 5.75 Å². The maximum absolute atomic E-state index is 13.8. The standard InChI is InChI=1S/C17H14FNO3S/c18-14-6-5-10(17(21)22)7-11(14)8-19-16(20)13-9-23-15-4-2-1-3-12(13)15/h1-7,13H,8-9H2,(H,19,20)(H,21,22). The van der Waals surface area contributed by atoms with E-state index in [1.807, 2.05) is 24.3 Å². The number of amides is 1. The van der Waals surface area contributed by atoms with Gasteiger partial charge in [-0.1, -0.05) is 18.2 Å². The van der Waals surface area contributed by atoms with Crippen LogP contribution in [0.4, 0.5) is 4.39 Å². The number of aromatic carboxylic acids is 1. The van der Waals surface area contributed by atoms with Crippen LogP contribution in [0.1, 0.15) is 27.4 Å². The zero-order chi connectivity index (χ0) is 16.4. The minimum absolute atomic E-state index is 0.00239. The molecule has 1 aliphatic rings. The topological polar surface area (TPSA) is 66.4 Å². The molecule has 0 aromatic heterocycles. The van der Waals surface area contributed by atoms with Gasteiger partial charge in [0.15, 0.2) is 0 Å². The Kier molecular flexibility index (Phi) is 4.34. The highest BCUT2D eigenvalue weighted by Gasteiger charge is 2.28. The molecule has 0 radical (unpaired) electrons. The fraction of sp³-hybridized carbons (Fsp3) is 0.176. The normalized spacial score (nSPS) is 16.0. The van der Waals surface area contributed by atoms with Crippen LogP contribution >= 0.6 is 11.8 Å². The molecular formula is C17H14FNO3S. The number of carbonyl (C=O) groups is 2. The van der Waals surface area contributed by atoms with Gasteiger partial charge in [0, 0.05) is 22.8 Å². The predicted molar refractivity (Wildman–Crippen MR) is 85.1 cm³/mol. The van der Waals surface area contributed by atoms with Crippen molar-refractivity contribution in [2.75, 3.05) is 5.75 Å². The fourth-order valence-corrected chi connectivity index (χ4v) is 3.76. The minimum Gasteiger partial charge on any atom is -0.478 e. The second-order valence-electron chi connectivity index (χ2n) is 5.23. The smallest absolute Gasteiger partial charge is 0.335 e. The van der Waals surface area contributed by atoms with E-state index in [1.165, 1.54) is 12.1 Å². The molecule has 0 fully saturated rings. The Morgan fingerprint density at radius 3 is 2.83 bits per heavy atom. The van der Waals surface area contributed by atoms with E-state index in [4.69, 9.17) is 5.11 Å². The van der Waals surface area contributed by atoms with Gasteiger partial charge < -0.3 is 10.4 Å². The average Bonchev–Trinajstić information content (AvgIpc) is 2.97. The first kappa shape index (κ1) is 15.6. The highest BCUT2D eigenvalue weighted by Crippen LogP contribution is 2.39. The number of carbonyl (C=O) groups excluding carboxylic acids is 1. The molecule has 0 saturated heterocycles. The van der Waals surface area contributed by atoms with Crippen molar-refractivity contribution in [2.24, 2.45) is 0 Å². The van der Waals surface area contributed by atoms with Crippen molar-refractivity contribution >= 4 is 23.6 Å². The van der Waals surface area contributed by atoms with Crippen LogP contribution in [0.3, 0.4) is 0 Å². The Balaban J connectivity index is 1.71. The van der Waals surface area contributed by atoms with Crippen LogP contribution in [0.5, 0.6) is 0 Å². The molecule has 0 aliphatic carbocycles. The summed E-state index contributed by atoms with van der Waals surface area (Å²) in [5.74, 6) is -1.44. The summed E-state index contributed by atoms with van der Waals surface area (Å²) < 4.78 is 13.8. The van der Waals surface area contributed by atoms with Gasteiger partial charge in [0.2, 0.25) is 5.91 Å². The number of halogens is 1. The van der Waals surface area contributed by atoms with Crippen molar-refractivity contribution in [3.8, 4) is 0 Å². The molecule has 1 amide bonds. The van der Waals surface area contributed by atoms with E-state index < -0.39 is 11.8 Å². The molecule has 2 aromatic carbocycles. The van der Waals surface area contributed by atoms with Crippen LogP contribution < -0.4 is 5.32 Å². The minimum atomic E-state index is -1.13. The number of carboxylic acids is 1. The molecule has 6 heteroatoms. The van der Waals surface area contributed by atoms with E-state index in [-0.39, 0.29) is 29.5 Å². The van der Waals surface area contributed by atoms with Gasteiger partial charge in [0.25, 0.3) is 0 Å². The molecule has 118 valence electrons. The van der Waals surface area contributed by atoms with Crippen molar-refractivity contribution in [1.82, 2.24) is 5.32 Å². The lowest BCUT2D eigenvalue weighted by Gasteiger charge is -2.12. The highest BCUT2D eigenvalue weighted by molar-refractivity contribution is 7.99. The number of hydrogen-bond donors (Lipinski definition) is 2. The number of hydrogen-bond acceptors (Lipinski definition) is 3. The first-order valence-corrected chi connectivity index (χ1v) is 8.06. The van der Waals surface area contributed by atoms with Crippen molar-refractivity contribution in [2.45, 2.75) is 17.4 Å². The largest absolute Gasteiger partial charge is 0.478 e. The number of rotatable bonds is 4. The summed E-state index contributed by atoms with van der Waals surface area (Å²) in [6.07, 6.45) is 0. The van der Waals surface area contributed by atoms with Crippen LogP contribution in [-0.2, 0) is 11.3 Å². The highest BCUT2D eigenvalue weighted by atomic mass is 32.2. The zero-order valence-electron chi connectivity index (χ0n) is 12.1. The van der Waals surface area contributed by atoms with Crippen LogP contribution in [-0.4, -0.2) is 22.7 Å². The lowest BCUT2D eigenvalue weighted by Crippen LogP contribution is -2.29. The van der Waals surface area contributed by atoms with E-state index in [2.05, 4.69) is 5.32 Å². The maximum atomic E-state index is 13.8. The Bertz CT molecular complexity index is 778. The molecule has 0 saturated carbocycles. The van der Waals surface area contributed by atoms with Crippen molar-refractivity contribution in [3.05, 3.63) is 65.0 Å². The van der Waals surface area contributed by atoms with Crippen molar-refractivity contribution in [3.63, 3.8) is 0 Å². The van der Waals surface area contributed by atoms with Gasteiger partial charge in [-0.3, -0.25) is 4.79 Å². The van der Waals surface area contributed by atoms with Gasteiger partial charge in [0.05, 0.1) is 11.5 Å². The summed E-state index contributed by atoms with van der Waals surface area (Å²) in [7, 11) is 0. The van der Waals surface area contributed by atoms with Crippen molar-refractivity contribution < 1.29 is 19.1 Å². The van der Waals surface area contributed by atoms with Gasteiger partial charge in [-0.2, -0.15) is 0 Å². The maximum Gasteiger partial charge on any atom is 0.335 e. The van der Waals surface area contributed by atoms with Crippen LogP contribution in [0.2, 0.25) is 0 Å². The molecule has 1 heterocycles. The molecular weight excluding hydrogens is 317 g/mol. The molecule has 3 rings (SSSR count). The number of thioether (sulfide) groups is 1. The zero-order valence-corrected chi connectivity index (χ0v) is 12.9. The Morgan fingerprint density at radius 2 is 2.04 bits per heavy atom. The first-order valence-electron chi connectivity index (χ1n) is 7.07. The van der Waals surface area contributed by atoms with Crippen molar-refractivity contribution in [1.29, 1.82) is 0 Å². The van der Waals surface area contributed by atoms with Gasteiger partial charge in [-0.15, -0.1) is 11.8 Å². The van der Waals surface area contributed by atoms with Crippen LogP contribution in [0.25, 0.3) is 0 Å². The van der Waals surface area contributed by atoms with E-state index >= 15 is 0 Å². The third-order valence-electron chi connectivity index (χ3n) is 3.76. The summed E-state index contributed by atoms with van der Waals surface area (Å²) in [4.78, 5) is 24.4. The monoisotopic (exact) mass is 331 g/mol. The van der Waals surface area contributed by atoms with E-state index in [9.17, 15) is 14.0 Å². The molecule has 23 heavy (non-hydrogen) atoms. The van der Waals surface area contributed by atoms with Gasteiger partial charge in [-0.25, -0.2) is 9.18 Å². The van der Waals surface area contributed by atoms with Gasteiger partial charge in [-0.05, 0) is 29.8 Å². The third-order valence-corrected chi connectivity index (χ3v) is 4.94. The summed E-state index contributed by atoms with van der Waals surface area (Å²) in [5.41, 5.74) is 1.14. The molecule has 0 spiro atoms. The molecule has 1 unspecified atom stereocenters. The number of carboxylic acid groups (broad SMARTS) is 1. The quantitative estimate of drug-likeness (QED) is 0.904. The summed E-state index contributed by atoms with van der Waals surface area (Å²) in [6, 6.07) is 11.3. The first-order chi connectivity index (χ1) is 11.1. The third kappa shape index (κ3) is 3.22. The Labute approximate surface area is 136 Å². The molecule has 1 aliphatic heterocycles. The molecule has 2 aromatic rings. The predicted octanol–water partition coefficient (Wildman–Crippen LogP) is 3.03. The fourth-order valence-electron chi connectivity index (χ4n) is 2.53. The summed E-state index contributed by atoms with van der Waals surface area (Å²) in [6.45, 7) is -0.0326. The summed E-state index contributed by atoms with van der Waals surface area (Å²) >= 11 is 1.62. The van der Waals surface area contributed by atoms with Gasteiger partial charge in [0.1, 0.15) is 5.82 Å². The van der Waals surface area contributed by atoms with E-state index in [1.54, 1.807) is 11.8 Å². The summed E-state index contributed by atoms with van der Waals surface area (Å²) in [5, 5.41) is 11.7.